The molecule has 0 aromatic heterocycles. The summed E-state index contributed by atoms with van der Waals surface area (Å²) in [5.41, 5.74) is -0.501. The van der Waals surface area contributed by atoms with Gasteiger partial charge in [0.2, 0.25) is 0 Å². The molecule has 0 bridgehead atoms. The van der Waals surface area contributed by atoms with Crippen molar-refractivity contribution in [3.05, 3.63) is 30.3 Å². The van der Waals surface area contributed by atoms with E-state index in [2.05, 4.69) is 4.90 Å². The maximum Gasteiger partial charge on any atom is 0.119 e. The van der Waals surface area contributed by atoms with Crippen LogP contribution in [-0.4, -0.2) is 41.8 Å². The molecule has 1 unspecified atom stereocenters. The molecule has 1 fully saturated rings. The SMILES string of the molecule is CC1(O)CCCN(CCCOc2ccccc2)C1. The number of β-amino-alcohol motifs (C(OH)–C–C–N with tert-alkyl or cyclic N) is 1. The molecule has 3 heteroatoms. The molecular formula is C15H23NO2. The van der Waals surface area contributed by atoms with Crippen LogP contribution in [0.15, 0.2) is 30.3 Å². The minimum atomic E-state index is -0.501. The van der Waals surface area contributed by atoms with Crippen molar-refractivity contribution < 1.29 is 9.84 Å². The van der Waals surface area contributed by atoms with Crippen LogP contribution in [0.1, 0.15) is 26.2 Å². The number of rotatable bonds is 5. The first-order valence-corrected chi connectivity index (χ1v) is 6.78. The Balaban J connectivity index is 1.64. The summed E-state index contributed by atoms with van der Waals surface area (Å²) in [5, 5.41) is 10.0. The molecule has 1 aromatic rings. The fourth-order valence-electron chi connectivity index (χ4n) is 2.51. The monoisotopic (exact) mass is 249 g/mol. The zero-order chi connectivity index (χ0) is 12.8. The van der Waals surface area contributed by atoms with Crippen LogP contribution in [0.3, 0.4) is 0 Å². The lowest BCUT2D eigenvalue weighted by atomic mass is 9.95. The summed E-state index contributed by atoms with van der Waals surface area (Å²) in [4.78, 5) is 2.33. The molecule has 1 N–H and O–H groups in total. The van der Waals surface area contributed by atoms with Crippen molar-refractivity contribution in [3.8, 4) is 5.75 Å². The summed E-state index contributed by atoms with van der Waals surface area (Å²) in [7, 11) is 0. The molecule has 100 valence electrons. The van der Waals surface area contributed by atoms with Gasteiger partial charge in [0.1, 0.15) is 5.75 Å². The Morgan fingerprint density at radius 1 is 1.33 bits per heavy atom. The highest BCUT2D eigenvalue weighted by Gasteiger charge is 2.27. The van der Waals surface area contributed by atoms with Gasteiger partial charge in [-0.05, 0) is 44.9 Å². The number of hydrogen-bond acceptors (Lipinski definition) is 3. The van der Waals surface area contributed by atoms with Gasteiger partial charge in [0, 0.05) is 13.1 Å². The predicted molar refractivity (Wildman–Crippen MR) is 72.9 cm³/mol. The Hall–Kier alpha value is -1.06. The topological polar surface area (TPSA) is 32.7 Å². The Kier molecular flexibility index (Phi) is 4.61. The minimum Gasteiger partial charge on any atom is -0.494 e. The number of aliphatic hydroxyl groups is 1. The van der Waals surface area contributed by atoms with Gasteiger partial charge >= 0.3 is 0 Å². The van der Waals surface area contributed by atoms with Gasteiger partial charge in [-0.3, -0.25) is 0 Å². The Bertz CT molecular complexity index is 351. The van der Waals surface area contributed by atoms with Crippen LogP contribution in [0.25, 0.3) is 0 Å². The normalized spacial score (nSPS) is 25.0. The first-order valence-electron chi connectivity index (χ1n) is 6.78. The van der Waals surface area contributed by atoms with E-state index in [9.17, 15) is 5.11 Å². The lowest BCUT2D eigenvalue weighted by Gasteiger charge is -2.36. The summed E-state index contributed by atoms with van der Waals surface area (Å²) in [6, 6.07) is 9.91. The molecule has 0 saturated carbocycles. The largest absolute Gasteiger partial charge is 0.494 e. The van der Waals surface area contributed by atoms with Crippen LogP contribution in [0.5, 0.6) is 5.75 Å². The molecule has 0 aliphatic carbocycles. The molecule has 18 heavy (non-hydrogen) atoms. The van der Waals surface area contributed by atoms with Crippen LogP contribution >= 0.6 is 0 Å². The van der Waals surface area contributed by atoms with Crippen LogP contribution < -0.4 is 4.74 Å². The van der Waals surface area contributed by atoms with Crippen molar-refractivity contribution in [2.75, 3.05) is 26.2 Å². The van der Waals surface area contributed by atoms with Crippen molar-refractivity contribution in [2.24, 2.45) is 0 Å². The third-order valence-corrected chi connectivity index (χ3v) is 3.38. The van der Waals surface area contributed by atoms with Crippen molar-refractivity contribution in [3.63, 3.8) is 0 Å². The number of piperidine rings is 1. The van der Waals surface area contributed by atoms with Gasteiger partial charge in [-0.15, -0.1) is 0 Å². The van der Waals surface area contributed by atoms with Gasteiger partial charge in [0.05, 0.1) is 12.2 Å². The van der Waals surface area contributed by atoms with Gasteiger partial charge in [0.25, 0.3) is 0 Å². The first kappa shape index (κ1) is 13.4. The van der Waals surface area contributed by atoms with E-state index in [4.69, 9.17) is 4.74 Å². The lowest BCUT2D eigenvalue weighted by Crippen LogP contribution is -2.46. The Labute approximate surface area is 109 Å². The highest BCUT2D eigenvalue weighted by molar-refractivity contribution is 5.20. The van der Waals surface area contributed by atoms with E-state index in [-0.39, 0.29) is 0 Å². The van der Waals surface area contributed by atoms with Crippen molar-refractivity contribution in [1.29, 1.82) is 0 Å². The van der Waals surface area contributed by atoms with E-state index < -0.39 is 5.60 Å². The number of benzene rings is 1. The molecule has 1 atom stereocenters. The number of ether oxygens (including phenoxy) is 1. The van der Waals surface area contributed by atoms with E-state index in [0.717, 1.165) is 51.3 Å². The maximum absolute atomic E-state index is 10.0. The van der Waals surface area contributed by atoms with E-state index in [0.29, 0.717) is 0 Å². The molecule has 0 radical (unpaired) electrons. The summed E-state index contributed by atoms with van der Waals surface area (Å²) in [6.07, 6.45) is 3.02. The van der Waals surface area contributed by atoms with Gasteiger partial charge in [-0.1, -0.05) is 18.2 Å². The second-order valence-corrected chi connectivity index (χ2v) is 5.39. The van der Waals surface area contributed by atoms with Crippen LogP contribution in [0, 0.1) is 0 Å². The molecule has 2 rings (SSSR count). The third-order valence-electron chi connectivity index (χ3n) is 3.38. The average Bonchev–Trinajstić information content (AvgIpc) is 2.35. The molecule has 1 aliphatic rings. The van der Waals surface area contributed by atoms with Gasteiger partial charge < -0.3 is 14.7 Å². The fourth-order valence-corrected chi connectivity index (χ4v) is 2.51. The maximum atomic E-state index is 10.0. The quantitative estimate of drug-likeness (QED) is 0.813. The summed E-state index contributed by atoms with van der Waals surface area (Å²) in [6.45, 7) is 5.56. The molecule has 0 spiro atoms. The van der Waals surface area contributed by atoms with E-state index in [1.165, 1.54) is 0 Å². The second kappa shape index (κ2) is 6.21. The highest BCUT2D eigenvalue weighted by Crippen LogP contribution is 2.20. The zero-order valence-corrected chi connectivity index (χ0v) is 11.1. The number of nitrogens with zero attached hydrogens (tertiary/aromatic N) is 1. The van der Waals surface area contributed by atoms with Crippen LogP contribution in [0.4, 0.5) is 0 Å². The van der Waals surface area contributed by atoms with Crippen molar-refractivity contribution in [2.45, 2.75) is 31.8 Å². The molecule has 1 aromatic carbocycles. The highest BCUT2D eigenvalue weighted by atomic mass is 16.5. The van der Waals surface area contributed by atoms with Crippen molar-refractivity contribution >= 4 is 0 Å². The van der Waals surface area contributed by atoms with Gasteiger partial charge in [-0.2, -0.15) is 0 Å². The van der Waals surface area contributed by atoms with Gasteiger partial charge in [-0.25, -0.2) is 0 Å². The van der Waals surface area contributed by atoms with E-state index in [1.54, 1.807) is 0 Å². The smallest absolute Gasteiger partial charge is 0.119 e. The predicted octanol–water partition coefficient (Wildman–Crippen LogP) is 2.30. The molecule has 1 aliphatic heterocycles. The van der Waals surface area contributed by atoms with E-state index >= 15 is 0 Å². The summed E-state index contributed by atoms with van der Waals surface area (Å²) < 4.78 is 5.66. The summed E-state index contributed by atoms with van der Waals surface area (Å²) in [5.74, 6) is 0.933. The first-order chi connectivity index (χ1) is 8.66. The molecule has 3 nitrogen and oxygen atoms in total. The molecule has 0 amide bonds. The van der Waals surface area contributed by atoms with E-state index in [1.807, 2.05) is 37.3 Å². The molecular weight excluding hydrogens is 226 g/mol. The Morgan fingerprint density at radius 2 is 2.11 bits per heavy atom. The van der Waals surface area contributed by atoms with Crippen LogP contribution in [-0.2, 0) is 0 Å². The standard InChI is InChI=1S/C15H23NO2/c1-15(17)9-5-10-16(13-15)11-6-12-18-14-7-3-2-4-8-14/h2-4,7-8,17H,5-6,9-13H2,1H3. The minimum absolute atomic E-state index is 0.501. The average molecular weight is 249 g/mol. The lowest BCUT2D eigenvalue weighted by molar-refractivity contribution is -0.0165. The van der Waals surface area contributed by atoms with Crippen molar-refractivity contribution in [1.82, 2.24) is 4.90 Å². The Morgan fingerprint density at radius 3 is 2.83 bits per heavy atom. The third kappa shape index (κ3) is 4.31. The van der Waals surface area contributed by atoms with Gasteiger partial charge in [0.15, 0.2) is 0 Å². The molecule has 1 saturated heterocycles. The number of hydrogen-bond donors (Lipinski definition) is 1. The second-order valence-electron chi connectivity index (χ2n) is 5.39. The number of likely N-dealkylation sites (tertiary alicyclic amines) is 1. The van der Waals surface area contributed by atoms with Crippen LogP contribution in [0.2, 0.25) is 0 Å². The number of para-hydroxylation sites is 1. The zero-order valence-electron chi connectivity index (χ0n) is 11.1. The fraction of sp³-hybridized carbons (Fsp3) is 0.600. The molecule has 1 heterocycles. The summed E-state index contributed by atoms with van der Waals surface area (Å²) >= 11 is 0.